The average molecular weight is 243 g/mol. The van der Waals surface area contributed by atoms with Crippen LogP contribution in [0.15, 0.2) is 0 Å². The molecule has 0 aromatic carbocycles. The molecule has 0 heterocycles. The highest BCUT2D eigenvalue weighted by molar-refractivity contribution is 6.40. The first kappa shape index (κ1) is 15.3. The van der Waals surface area contributed by atoms with Crippen molar-refractivity contribution in [2.45, 2.75) is 18.7 Å². The van der Waals surface area contributed by atoms with Crippen molar-refractivity contribution in [3.05, 3.63) is 0 Å². The van der Waals surface area contributed by atoms with Crippen LogP contribution in [0.5, 0.6) is 0 Å². The molecule has 0 aromatic rings. The lowest BCUT2D eigenvalue weighted by molar-refractivity contribution is -0.242. The molecule has 0 saturated heterocycles. The normalized spacial score (nSPS) is 12.8. The van der Waals surface area contributed by atoms with Gasteiger partial charge in [-0.1, -0.05) is 0 Å². The van der Waals surface area contributed by atoms with Crippen molar-refractivity contribution in [2.24, 2.45) is 0 Å². The number of hydrogen-bond acceptors (Lipinski definition) is 2. The Morgan fingerprint density at radius 2 is 1.77 bits per heavy atom. The van der Waals surface area contributed by atoms with Gasteiger partial charge in [-0.3, -0.25) is 4.79 Å². The molecule has 0 fully saturated rings. The van der Waals surface area contributed by atoms with E-state index in [1.54, 1.807) is 0 Å². The van der Waals surface area contributed by atoms with E-state index in [4.69, 9.17) is 33.4 Å². The third-order valence-electron chi connectivity index (χ3n) is 0.731. The molecule has 0 rings (SSSR count). The second kappa shape index (κ2) is 7.23. The Balaban J connectivity index is 0. The first-order valence-electron chi connectivity index (χ1n) is 2.83. The summed E-state index contributed by atoms with van der Waals surface area (Å²) in [5.74, 6) is -1.72. The lowest BCUT2D eigenvalue weighted by Crippen LogP contribution is -2.31. The molecule has 3 nitrogen and oxygen atoms in total. The van der Waals surface area contributed by atoms with Crippen LogP contribution in [0.3, 0.4) is 0 Å². The minimum atomic E-state index is -4.56. The van der Waals surface area contributed by atoms with Crippen molar-refractivity contribution >= 4 is 29.2 Å². The van der Waals surface area contributed by atoms with Crippen LogP contribution in [0.2, 0.25) is 0 Å². The number of rotatable bonds is 3. The summed E-state index contributed by atoms with van der Waals surface area (Å²) in [7, 11) is 0. The first-order chi connectivity index (χ1) is 5.75. The number of aliphatic hydroxyl groups is 1. The molecule has 80 valence electrons. The molecule has 1 unspecified atom stereocenters. The maximum Gasteiger partial charge on any atom is 0.385 e. The van der Waals surface area contributed by atoms with Gasteiger partial charge in [0.2, 0.25) is 6.17 Å². The van der Waals surface area contributed by atoms with E-state index in [1.165, 1.54) is 0 Å². The zero-order chi connectivity index (χ0) is 11.1. The van der Waals surface area contributed by atoms with Crippen LogP contribution in [0, 0.1) is 0 Å². The topological polar surface area (TPSA) is 57.5 Å². The minimum Gasteiger partial charge on any atom is -0.481 e. The van der Waals surface area contributed by atoms with Crippen molar-refractivity contribution in [3.8, 4) is 0 Å². The van der Waals surface area contributed by atoms with E-state index in [0.717, 1.165) is 0 Å². The van der Waals surface area contributed by atoms with Crippen LogP contribution in [0.25, 0.3) is 0 Å². The van der Waals surface area contributed by atoms with Gasteiger partial charge in [-0.15, -0.1) is 23.2 Å². The van der Waals surface area contributed by atoms with E-state index in [0.29, 0.717) is 0 Å². The van der Waals surface area contributed by atoms with Gasteiger partial charge < -0.3 is 10.2 Å². The molecule has 0 spiro atoms. The summed E-state index contributed by atoms with van der Waals surface area (Å²) in [6.07, 6.45) is -8.99. The van der Waals surface area contributed by atoms with Crippen LogP contribution in [-0.4, -0.2) is 33.8 Å². The van der Waals surface area contributed by atoms with E-state index in [-0.39, 0.29) is 5.34 Å². The Hall–Kier alpha value is -0.200. The Morgan fingerprint density at radius 1 is 1.46 bits per heavy atom. The molecule has 1 atom stereocenters. The van der Waals surface area contributed by atoms with Crippen LogP contribution in [0.4, 0.5) is 13.2 Å². The highest BCUT2D eigenvalue weighted by Crippen LogP contribution is 2.19. The molecule has 13 heavy (non-hydrogen) atoms. The first-order valence-corrected chi connectivity index (χ1v) is 3.90. The van der Waals surface area contributed by atoms with Gasteiger partial charge in [0, 0.05) is 0 Å². The van der Waals surface area contributed by atoms with E-state index in [9.17, 15) is 18.0 Å². The fourth-order valence-corrected chi connectivity index (χ4v) is 0.276. The van der Waals surface area contributed by atoms with Crippen molar-refractivity contribution < 1.29 is 28.2 Å². The zero-order valence-electron chi connectivity index (χ0n) is 6.18. The molecule has 0 bridgehead atoms. The number of alkyl halides is 5. The third-order valence-corrected chi connectivity index (χ3v) is 0.731. The Morgan fingerprint density at radius 3 is 1.85 bits per heavy atom. The SMILES string of the molecule is ClCCl.O=C(O)CC(F)C(O)(F)F. The van der Waals surface area contributed by atoms with Gasteiger partial charge in [0.05, 0.1) is 11.8 Å². The Labute approximate surface area is 82.1 Å². The van der Waals surface area contributed by atoms with Crippen molar-refractivity contribution in [3.63, 3.8) is 0 Å². The number of hydrogen-bond donors (Lipinski definition) is 2. The average Bonchev–Trinajstić information content (AvgIpc) is 1.85. The summed E-state index contributed by atoms with van der Waals surface area (Å²) < 4.78 is 34.6. The second-order valence-corrected chi connectivity index (χ2v) is 2.56. The lowest BCUT2D eigenvalue weighted by atomic mass is 10.2. The van der Waals surface area contributed by atoms with Gasteiger partial charge in [0.15, 0.2) is 0 Å². The van der Waals surface area contributed by atoms with E-state index < -0.39 is 24.7 Å². The molecule has 0 radical (unpaired) electrons. The quantitative estimate of drug-likeness (QED) is 0.743. The van der Waals surface area contributed by atoms with Crippen LogP contribution >= 0.6 is 23.2 Å². The largest absolute Gasteiger partial charge is 0.481 e. The number of halogens is 5. The van der Waals surface area contributed by atoms with Gasteiger partial charge in [0.25, 0.3) is 0 Å². The fraction of sp³-hybridized carbons (Fsp3) is 0.800. The smallest absolute Gasteiger partial charge is 0.385 e. The molecule has 8 heteroatoms. The van der Waals surface area contributed by atoms with Crippen LogP contribution < -0.4 is 0 Å². The lowest BCUT2D eigenvalue weighted by Gasteiger charge is -2.10. The molecule has 0 saturated carbocycles. The number of aliphatic carboxylic acids is 1. The van der Waals surface area contributed by atoms with Gasteiger partial charge in [-0.05, 0) is 0 Å². The summed E-state index contributed by atoms with van der Waals surface area (Å²) in [6, 6.07) is 0. The second-order valence-electron chi connectivity index (χ2n) is 1.75. The Kier molecular flexibility index (Phi) is 8.49. The van der Waals surface area contributed by atoms with E-state index in [1.807, 2.05) is 0 Å². The predicted molar refractivity (Wildman–Crippen MR) is 40.9 cm³/mol. The van der Waals surface area contributed by atoms with Crippen LogP contribution in [0.1, 0.15) is 6.42 Å². The van der Waals surface area contributed by atoms with E-state index >= 15 is 0 Å². The van der Waals surface area contributed by atoms with Gasteiger partial charge in [-0.2, -0.15) is 8.78 Å². The van der Waals surface area contributed by atoms with Crippen molar-refractivity contribution in [2.75, 3.05) is 5.34 Å². The predicted octanol–water partition coefficient (Wildman–Crippen LogP) is 1.81. The minimum absolute atomic E-state index is 0.194. The van der Waals surface area contributed by atoms with Gasteiger partial charge in [0.1, 0.15) is 0 Å². The highest BCUT2D eigenvalue weighted by Gasteiger charge is 2.38. The summed E-state index contributed by atoms with van der Waals surface area (Å²) in [5.41, 5.74) is 0. The molecular weight excluding hydrogens is 236 g/mol. The molecule has 0 aromatic heterocycles. The van der Waals surface area contributed by atoms with Crippen LogP contribution in [-0.2, 0) is 4.79 Å². The third kappa shape index (κ3) is 11.8. The Bertz CT molecular complexity index is 150. The maximum atomic E-state index is 11.8. The monoisotopic (exact) mass is 242 g/mol. The molecular formula is C5H7Cl2F3O3. The maximum absolute atomic E-state index is 11.8. The van der Waals surface area contributed by atoms with Crippen molar-refractivity contribution in [1.82, 2.24) is 0 Å². The zero-order valence-corrected chi connectivity index (χ0v) is 7.70. The molecule has 0 aliphatic rings. The number of carbonyl (C=O) groups is 1. The highest BCUT2D eigenvalue weighted by atomic mass is 35.5. The van der Waals surface area contributed by atoms with Crippen molar-refractivity contribution in [1.29, 1.82) is 0 Å². The summed E-state index contributed by atoms with van der Waals surface area (Å²) in [4.78, 5) is 9.57. The molecule has 0 aliphatic carbocycles. The summed E-state index contributed by atoms with van der Waals surface area (Å²) in [5, 5.41) is 15.5. The summed E-state index contributed by atoms with van der Waals surface area (Å²) >= 11 is 9.53. The standard InChI is InChI=1S/C4H5F3O3.CH2Cl2/c5-2(1-3(8)9)4(6,7)10;2-1-3/h2,10H,1H2,(H,8,9);1H2. The fourth-order valence-electron chi connectivity index (χ4n) is 0.276. The molecule has 0 amide bonds. The molecule has 2 N–H and O–H groups in total. The molecule has 0 aliphatic heterocycles. The summed E-state index contributed by atoms with van der Waals surface area (Å²) in [6.45, 7) is 0. The number of carboxylic acid groups (broad SMARTS) is 1. The van der Waals surface area contributed by atoms with Gasteiger partial charge in [-0.25, -0.2) is 4.39 Å². The van der Waals surface area contributed by atoms with E-state index in [2.05, 4.69) is 0 Å². The number of carboxylic acids is 1. The van der Waals surface area contributed by atoms with Gasteiger partial charge >= 0.3 is 12.1 Å².